The molecular weight excluding hydrogens is 316 g/mol. The van der Waals surface area contributed by atoms with Gasteiger partial charge in [0.1, 0.15) is 0 Å². The molecule has 0 radical (unpaired) electrons. The van der Waals surface area contributed by atoms with Gasteiger partial charge >= 0.3 is 6.03 Å². The summed E-state index contributed by atoms with van der Waals surface area (Å²) in [4.78, 5) is 19.5. The number of amides is 2. The van der Waals surface area contributed by atoms with E-state index >= 15 is 0 Å². The molecule has 2 saturated heterocycles. The summed E-state index contributed by atoms with van der Waals surface area (Å²) in [6, 6.07) is 0.429. The second-order valence-corrected chi connectivity index (χ2v) is 7.58. The lowest BCUT2D eigenvalue weighted by molar-refractivity contribution is 0.148. The predicted octanol–water partition coefficient (Wildman–Crippen LogP) is 1.29. The maximum absolute atomic E-state index is 12.7. The van der Waals surface area contributed by atoms with Crippen LogP contribution in [0.4, 0.5) is 4.79 Å². The summed E-state index contributed by atoms with van der Waals surface area (Å²) in [6.07, 6.45) is 6.98. The Kier molecular flexibility index (Phi) is 5.96. The summed E-state index contributed by atoms with van der Waals surface area (Å²) in [6.45, 7) is 8.54. The van der Waals surface area contributed by atoms with E-state index < -0.39 is 0 Å². The molecule has 0 aromatic carbocycles. The standard InChI is InChI=1S/C18H32N6O/c1-15(6-8-23-11-9-21(2)10-12-23)20-18(25)24-7-4-5-17(24)16-13-19-22(3)14-16/h13-15,17H,4-12H2,1-3H3,(H,20,25)/t15-,17-/m1/s1. The number of hydrogen-bond donors (Lipinski definition) is 1. The van der Waals surface area contributed by atoms with Crippen molar-refractivity contribution in [3.05, 3.63) is 18.0 Å². The Morgan fingerprint density at radius 1 is 1.28 bits per heavy atom. The van der Waals surface area contributed by atoms with Gasteiger partial charge in [0.25, 0.3) is 0 Å². The summed E-state index contributed by atoms with van der Waals surface area (Å²) in [5, 5.41) is 7.45. The molecule has 0 unspecified atom stereocenters. The molecule has 2 atom stereocenters. The lowest BCUT2D eigenvalue weighted by Crippen LogP contribution is -2.47. The van der Waals surface area contributed by atoms with Gasteiger partial charge in [-0.25, -0.2) is 4.79 Å². The van der Waals surface area contributed by atoms with Gasteiger partial charge in [-0.1, -0.05) is 0 Å². The monoisotopic (exact) mass is 348 g/mol. The van der Waals surface area contributed by atoms with E-state index in [1.807, 2.05) is 29.0 Å². The van der Waals surface area contributed by atoms with Crippen LogP contribution in [0.3, 0.4) is 0 Å². The number of urea groups is 1. The van der Waals surface area contributed by atoms with Crippen molar-refractivity contribution in [2.24, 2.45) is 7.05 Å². The molecule has 25 heavy (non-hydrogen) atoms. The van der Waals surface area contributed by atoms with Crippen molar-refractivity contribution in [2.75, 3.05) is 46.3 Å². The smallest absolute Gasteiger partial charge is 0.318 e. The quantitative estimate of drug-likeness (QED) is 0.871. The van der Waals surface area contributed by atoms with Crippen molar-refractivity contribution in [3.63, 3.8) is 0 Å². The Hall–Kier alpha value is -1.60. The number of nitrogens with zero attached hydrogens (tertiary/aromatic N) is 5. The molecule has 3 rings (SSSR count). The minimum absolute atomic E-state index is 0.0669. The number of piperazine rings is 1. The highest BCUT2D eigenvalue weighted by atomic mass is 16.2. The molecule has 2 aliphatic heterocycles. The Balaban J connectivity index is 1.46. The fraction of sp³-hybridized carbons (Fsp3) is 0.778. The average molecular weight is 348 g/mol. The van der Waals surface area contributed by atoms with Gasteiger partial charge < -0.3 is 20.0 Å². The van der Waals surface area contributed by atoms with Crippen molar-refractivity contribution >= 4 is 6.03 Å². The van der Waals surface area contributed by atoms with E-state index in [-0.39, 0.29) is 18.1 Å². The number of carbonyl (C=O) groups excluding carboxylic acids is 1. The van der Waals surface area contributed by atoms with Crippen molar-refractivity contribution < 1.29 is 4.79 Å². The summed E-state index contributed by atoms with van der Waals surface area (Å²) >= 11 is 0. The fourth-order valence-electron chi connectivity index (χ4n) is 3.78. The number of likely N-dealkylation sites (tertiary alicyclic amines) is 1. The lowest BCUT2D eigenvalue weighted by atomic mass is 10.1. The molecule has 3 heterocycles. The van der Waals surface area contributed by atoms with Gasteiger partial charge in [-0.3, -0.25) is 4.68 Å². The van der Waals surface area contributed by atoms with Crippen molar-refractivity contribution in [1.29, 1.82) is 0 Å². The Morgan fingerprint density at radius 2 is 2.04 bits per heavy atom. The van der Waals surface area contributed by atoms with Crippen LogP contribution in [0, 0.1) is 0 Å². The van der Waals surface area contributed by atoms with Gasteiger partial charge in [0.05, 0.1) is 12.2 Å². The van der Waals surface area contributed by atoms with Gasteiger partial charge in [0, 0.05) is 64.1 Å². The number of rotatable bonds is 5. The Bertz CT molecular complexity index is 566. The third-order valence-corrected chi connectivity index (χ3v) is 5.47. The molecule has 0 saturated carbocycles. The van der Waals surface area contributed by atoms with E-state index in [0.29, 0.717) is 0 Å². The van der Waals surface area contributed by atoms with Crippen molar-refractivity contribution in [3.8, 4) is 0 Å². The molecule has 1 N–H and O–H groups in total. The predicted molar refractivity (Wildman–Crippen MR) is 98.4 cm³/mol. The first kappa shape index (κ1) is 18.2. The molecule has 0 spiro atoms. The molecule has 0 aliphatic carbocycles. The highest BCUT2D eigenvalue weighted by Gasteiger charge is 2.31. The van der Waals surface area contributed by atoms with E-state index in [0.717, 1.165) is 64.1 Å². The Labute approximate surface area is 150 Å². The second kappa shape index (κ2) is 8.19. The first-order valence-corrected chi connectivity index (χ1v) is 9.49. The normalized spacial score (nSPS) is 23.8. The third-order valence-electron chi connectivity index (χ3n) is 5.47. The molecule has 7 heteroatoms. The summed E-state index contributed by atoms with van der Waals surface area (Å²) in [5.74, 6) is 0. The highest BCUT2D eigenvalue weighted by molar-refractivity contribution is 5.75. The summed E-state index contributed by atoms with van der Waals surface area (Å²) < 4.78 is 1.81. The number of hydrogen-bond acceptors (Lipinski definition) is 4. The number of aromatic nitrogens is 2. The minimum atomic E-state index is 0.0669. The van der Waals surface area contributed by atoms with Crippen molar-refractivity contribution in [1.82, 2.24) is 29.8 Å². The van der Waals surface area contributed by atoms with E-state index in [4.69, 9.17) is 0 Å². The van der Waals surface area contributed by atoms with Crippen LogP contribution in [-0.4, -0.2) is 82.9 Å². The maximum Gasteiger partial charge on any atom is 0.318 e. The fourth-order valence-corrected chi connectivity index (χ4v) is 3.78. The van der Waals surface area contributed by atoms with Gasteiger partial charge in [0.15, 0.2) is 0 Å². The van der Waals surface area contributed by atoms with Crippen LogP contribution in [0.15, 0.2) is 12.4 Å². The van der Waals surface area contributed by atoms with E-state index in [1.54, 1.807) is 0 Å². The third kappa shape index (κ3) is 4.73. The first-order chi connectivity index (χ1) is 12.0. The zero-order valence-electron chi connectivity index (χ0n) is 15.8. The van der Waals surface area contributed by atoms with E-state index in [2.05, 4.69) is 34.2 Å². The van der Waals surface area contributed by atoms with Crippen molar-refractivity contribution in [2.45, 2.75) is 38.3 Å². The molecule has 2 aliphatic rings. The van der Waals surface area contributed by atoms with Crippen LogP contribution in [0.1, 0.15) is 37.8 Å². The van der Waals surface area contributed by atoms with Gasteiger partial charge in [-0.2, -0.15) is 5.10 Å². The second-order valence-electron chi connectivity index (χ2n) is 7.58. The molecular formula is C18H32N6O. The van der Waals surface area contributed by atoms with E-state index in [9.17, 15) is 4.79 Å². The maximum atomic E-state index is 12.7. The number of likely N-dealkylation sites (N-methyl/N-ethyl adjacent to an activating group) is 1. The molecule has 140 valence electrons. The molecule has 2 amide bonds. The summed E-state index contributed by atoms with van der Waals surface area (Å²) in [7, 11) is 4.10. The lowest BCUT2D eigenvalue weighted by Gasteiger charge is -2.33. The molecule has 0 bridgehead atoms. The van der Waals surface area contributed by atoms with E-state index in [1.165, 1.54) is 0 Å². The topological polar surface area (TPSA) is 56.6 Å². The minimum Gasteiger partial charge on any atom is -0.335 e. The van der Waals surface area contributed by atoms with Crippen LogP contribution in [-0.2, 0) is 7.05 Å². The molecule has 7 nitrogen and oxygen atoms in total. The summed E-state index contributed by atoms with van der Waals surface area (Å²) in [5.41, 5.74) is 1.14. The zero-order chi connectivity index (χ0) is 17.8. The van der Waals surface area contributed by atoms with Crippen LogP contribution in [0.2, 0.25) is 0 Å². The largest absolute Gasteiger partial charge is 0.335 e. The SMILES string of the molecule is C[C@H](CCN1CCN(C)CC1)NC(=O)N1CCC[C@@H]1c1cnn(C)c1. The van der Waals surface area contributed by atoms with Gasteiger partial charge in [-0.15, -0.1) is 0 Å². The number of carbonyl (C=O) groups is 1. The molecule has 1 aromatic rings. The zero-order valence-corrected chi connectivity index (χ0v) is 15.8. The number of aryl methyl sites for hydroxylation is 1. The highest BCUT2D eigenvalue weighted by Crippen LogP contribution is 2.31. The molecule has 1 aromatic heterocycles. The van der Waals surface area contributed by atoms with Gasteiger partial charge in [-0.05, 0) is 33.2 Å². The van der Waals surface area contributed by atoms with Gasteiger partial charge in [0.2, 0.25) is 0 Å². The number of nitrogens with one attached hydrogen (secondary N) is 1. The van der Waals surface area contributed by atoms with Crippen LogP contribution in [0.5, 0.6) is 0 Å². The average Bonchev–Trinajstić information content (AvgIpc) is 3.23. The van der Waals surface area contributed by atoms with Crippen LogP contribution < -0.4 is 5.32 Å². The van der Waals surface area contributed by atoms with Crippen LogP contribution >= 0.6 is 0 Å². The first-order valence-electron chi connectivity index (χ1n) is 9.49. The molecule has 2 fully saturated rings. The van der Waals surface area contributed by atoms with Crippen LogP contribution in [0.25, 0.3) is 0 Å². The Morgan fingerprint density at radius 3 is 2.72 bits per heavy atom.